The van der Waals surface area contributed by atoms with Crippen molar-refractivity contribution in [1.29, 1.82) is 0 Å². The second-order valence-electron chi connectivity index (χ2n) is 3.31. The van der Waals surface area contributed by atoms with E-state index in [1.165, 1.54) is 0 Å². The lowest BCUT2D eigenvalue weighted by atomic mass is 10.4. The summed E-state index contributed by atoms with van der Waals surface area (Å²) in [5.74, 6) is 1.71. The van der Waals surface area contributed by atoms with Crippen molar-refractivity contribution in [3.8, 4) is 5.82 Å². The van der Waals surface area contributed by atoms with Crippen LogP contribution in [0.1, 0.15) is 12.6 Å². The van der Waals surface area contributed by atoms with Gasteiger partial charge in [0.05, 0.1) is 5.69 Å². The quantitative estimate of drug-likeness (QED) is 0.827. The molecule has 15 heavy (non-hydrogen) atoms. The van der Waals surface area contributed by atoms with Crippen LogP contribution in [-0.4, -0.2) is 21.3 Å². The van der Waals surface area contributed by atoms with Gasteiger partial charge < -0.3 is 5.32 Å². The molecule has 0 aliphatic rings. The van der Waals surface area contributed by atoms with Crippen molar-refractivity contribution in [2.45, 2.75) is 13.8 Å². The maximum Gasteiger partial charge on any atom is 0.155 e. The highest BCUT2D eigenvalue weighted by Crippen LogP contribution is 2.08. The summed E-state index contributed by atoms with van der Waals surface area (Å²) in [5.41, 5.74) is 0.991. The van der Waals surface area contributed by atoms with Crippen molar-refractivity contribution in [1.82, 2.24) is 14.8 Å². The summed E-state index contributed by atoms with van der Waals surface area (Å²) >= 11 is 0. The third kappa shape index (κ3) is 2.15. The summed E-state index contributed by atoms with van der Waals surface area (Å²) in [6.45, 7) is 4.88. The fraction of sp³-hybridized carbons (Fsp3) is 0.273. The van der Waals surface area contributed by atoms with E-state index in [9.17, 15) is 0 Å². The van der Waals surface area contributed by atoms with E-state index in [1.54, 1.807) is 4.68 Å². The van der Waals surface area contributed by atoms with Gasteiger partial charge in [-0.15, -0.1) is 0 Å². The highest BCUT2D eigenvalue weighted by molar-refractivity contribution is 5.39. The summed E-state index contributed by atoms with van der Waals surface area (Å²) in [5, 5.41) is 7.48. The molecule has 1 N–H and O–H groups in total. The molecule has 0 saturated heterocycles. The molecule has 4 nitrogen and oxygen atoms in total. The SMILES string of the molecule is CCNc1cccc(-n2ccc(C)n2)n1. The van der Waals surface area contributed by atoms with Crippen LogP contribution in [0.15, 0.2) is 30.5 Å². The molecule has 0 aliphatic heterocycles. The van der Waals surface area contributed by atoms with E-state index in [0.717, 1.165) is 23.9 Å². The minimum absolute atomic E-state index is 0.835. The van der Waals surface area contributed by atoms with Crippen molar-refractivity contribution in [2.75, 3.05) is 11.9 Å². The van der Waals surface area contributed by atoms with Crippen LogP contribution in [0.3, 0.4) is 0 Å². The Morgan fingerprint density at radius 3 is 2.87 bits per heavy atom. The molecule has 2 aromatic heterocycles. The topological polar surface area (TPSA) is 42.7 Å². The Morgan fingerprint density at radius 2 is 2.20 bits per heavy atom. The Morgan fingerprint density at radius 1 is 1.33 bits per heavy atom. The second kappa shape index (κ2) is 4.13. The van der Waals surface area contributed by atoms with Gasteiger partial charge in [0.25, 0.3) is 0 Å². The average molecular weight is 202 g/mol. The number of hydrogen-bond acceptors (Lipinski definition) is 3. The zero-order chi connectivity index (χ0) is 10.7. The molecule has 0 aliphatic carbocycles. The first kappa shape index (κ1) is 9.71. The fourth-order valence-corrected chi connectivity index (χ4v) is 1.37. The first-order chi connectivity index (χ1) is 7.29. The fourth-order valence-electron chi connectivity index (χ4n) is 1.37. The van der Waals surface area contributed by atoms with E-state index in [-0.39, 0.29) is 0 Å². The van der Waals surface area contributed by atoms with E-state index in [1.807, 2.05) is 44.3 Å². The summed E-state index contributed by atoms with van der Waals surface area (Å²) in [4.78, 5) is 4.44. The second-order valence-corrected chi connectivity index (χ2v) is 3.31. The molecule has 0 unspecified atom stereocenters. The molecule has 2 aromatic rings. The number of nitrogens with one attached hydrogen (secondary N) is 1. The number of anilines is 1. The highest BCUT2D eigenvalue weighted by Gasteiger charge is 2.00. The monoisotopic (exact) mass is 202 g/mol. The van der Waals surface area contributed by atoms with Crippen LogP contribution in [-0.2, 0) is 0 Å². The molecule has 0 saturated carbocycles. The van der Waals surface area contributed by atoms with Crippen molar-refractivity contribution < 1.29 is 0 Å². The molecule has 0 aromatic carbocycles. The summed E-state index contributed by atoms with van der Waals surface area (Å²) in [7, 11) is 0. The van der Waals surface area contributed by atoms with Gasteiger partial charge in [-0.05, 0) is 32.0 Å². The van der Waals surface area contributed by atoms with Crippen LogP contribution < -0.4 is 5.32 Å². The lowest BCUT2D eigenvalue weighted by molar-refractivity contribution is 0.832. The van der Waals surface area contributed by atoms with Crippen LogP contribution in [0.25, 0.3) is 5.82 Å². The molecular formula is C11H14N4. The first-order valence-corrected chi connectivity index (χ1v) is 5.03. The Hall–Kier alpha value is -1.84. The largest absolute Gasteiger partial charge is 0.370 e. The number of pyridine rings is 1. The molecule has 0 bridgehead atoms. The van der Waals surface area contributed by atoms with Crippen LogP contribution in [0, 0.1) is 6.92 Å². The number of aryl methyl sites for hydroxylation is 1. The van der Waals surface area contributed by atoms with E-state index in [0.29, 0.717) is 0 Å². The van der Waals surface area contributed by atoms with Gasteiger partial charge in [0, 0.05) is 12.7 Å². The molecule has 78 valence electrons. The highest BCUT2D eigenvalue weighted by atomic mass is 15.3. The molecule has 2 rings (SSSR count). The van der Waals surface area contributed by atoms with Crippen LogP contribution in [0.2, 0.25) is 0 Å². The summed E-state index contributed by atoms with van der Waals surface area (Å²) in [6.07, 6.45) is 1.91. The van der Waals surface area contributed by atoms with Crippen LogP contribution >= 0.6 is 0 Å². The standard InChI is InChI=1S/C11H14N4/c1-3-12-10-5-4-6-11(13-10)15-8-7-9(2)14-15/h4-8H,3H2,1-2H3,(H,12,13). The van der Waals surface area contributed by atoms with E-state index in [4.69, 9.17) is 0 Å². The predicted octanol–water partition coefficient (Wildman–Crippen LogP) is 2.01. The Labute approximate surface area is 89.0 Å². The molecule has 2 heterocycles. The Bertz CT molecular complexity index is 447. The lowest BCUT2D eigenvalue weighted by Crippen LogP contribution is -2.03. The third-order valence-electron chi connectivity index (χ3n) is 2.05. The van der Waals surface area contributed by atoms with Crippen molar-refractivity contribution in [3.05, 3.63) is 36.2 Å². The van der Waals surface area contributed by atoms with Crippen LogP contribution in [0.4, 0.5) is 5.82 Å². The van der Waals surface area contributed by atoms with Gasteiger partial charge in [0.2, 0.25) is 0 Å². The molecule has 4 heteroatoms. The number of rotatable bonds is 3. The van der Waals surface area contributed by atoms with E-state index in [2.05, 4.69) is 15.4 Å². The van der Waals surface area contributed by atoms with Gasteiger partial charge in [-0.1, -0.05) is 6.07 Å². The van der Waals surface area contributed by atoms with E-state index < -0.39 is 0 Å². The van der Waals surface area contributed by atoms with Crippen molar-refractivity contribution in [3.63, 3.8) is 0 Å². The molecule has 0 fully saturated rings. The number of aromatic nitrogens is 3. The average Bonchev–Trinajstić information content (AvgIpc) is 2.66. The third-order valence-corrected chi connectivity index (χ3v) is 2.05. The summed E-state index contributed by atoms with van der Waals surface area (Å²) in [6, 6.07) is 7.82. The zero-order valence-corrected chi connectivity index (χ0v) is 8.94. The van der Waals surface area contributed by atoms with Gasteiger partial charge >= 0.3 is 0 Å². The molecule has 0 atom stereocenters. The van der Waals surface area contributed by atoms with Gasteiger partial charge in [-0.25, -0.2) is 9.67 Å². The minimum atomic E-state index is 0.835. The predicted molar refractivity (Wildman–Crippen MR) is 60.3 cm³/mol. The van der Waals surface area contributed by atoms with Gasteiger partial charge in [0.1, 0.15) is 5.82 Å². The normalized spacial score (nSPS) is 10.3. The zero-order valence-electron chi connectivity index (χ0n) is 8.94. The van der Waals surface area contributed by atoms with Gasteiger partial charge in [-0.3, -0.25) is 0 Å². The molecule has 0 amide bonds. The first-order valence-electron chi connectivity index (χ1n) is 5.03. The van der Waals surface area contributed by atoms with Gasteiger partial charge in [0.15, 0.2) is 5.82 Å². The minimum Gasteiger partial charge on any atom is -0.370 e. The van der Waals surface area contributed by atoms with Crippen molar-refractivity contribution >= 4 is 5.82 Å². The Balaban J connectivity index is 2.32. The maximum atomic E-state index is 4.44. The maximum absolute atomic E-state index is 4.44. The number of hydrogen-bond donors (Lipinski definition) is 1. The Kier molecular flexibility index (Phi) is 2.67. The lowest BCUT2D eigenvalue weighted by Gasteiger charge is -2.04. The summed E-state index contributed by atoms with van der Waals surface area (Å²) < 4.78 is 1.77. The molecular weight excluding hydrogens is 188 g/mol. The van der Waals surface area contributed by atoms with Gasteiger partial charge in [-0.2, -0.15) is 5.10 Å². The molecule has 0 radical (unpaired) electrons. The van der Waals surface area contributed by atoms with E-state index >= 15 is 0 Å². The van der Waals surface area contributed by atoms with Crippen molar-refractivity contribution in [2.24, 2.45) is 0 Å². The molecule has 0 spiro atoms. The van der Waals surface area contributed by atoms with Crippen LogP contribution in [0.5, 0.6) is 0 Å². The number of nitrogens with zero attached hydrogens (tertiary/aromatic N) is 3. The smallest absolute Gasteiger partial charge is 0.155 e.